The maximum atomic E-state index is 11.9. The highest BCUT2D eigenvalue weighted by Gasteiger charge is 2.42. The molecule has 0 N–H and O–H groups in total. The highest BCUT2D eigenvalue weighted by molar-refractivity contribution is 6.07. The van der Waals surface area contributed by atoms with E-state index < -0.39 is 5.41 Å². The number of likely N-dealkylation sites (N-methyl/N-ethyl adjacent to an activating group) is 1. The minimum atomic E-state index is -0.517. The van der Waals surface area contributed by atoms with Gasteiger partial charge in [0.1, 0.15) is 0 Å². The van der Waals surface area contributed by atoms with Crippen LogP contribution in [0.4, 0.5) is 5.69 Å². The molecule has 15 heavy (non-hydrogen) atoms. The maximum Gasteiger partial charge on any atom is 0.236 e. The van der Waals surface area contributed by atoms with Gasteiger partial charge in [-0.2, -0.15) is 5.26 Å². The number of nitrogens with zero attached hydrogens (tertiary/aromatic N) is 2. The number of anilines is 1. The van der Waals surface area contributed by atoms with Gasteiger partial charge < -0.3 is 4.90 Å². The topological polar surface area (TPSA) is 44.1 Å². The number of fused-ring (bicyclic) bond motifs is 1. The van der Waals surface area contributed by atoms with Crippen molar-refractivity contribution in [1.29, 1.82) is 5.26 Å². The number of benzene rings is 1. The summed E-state index contributed by atoms with van der Waals surface area (Å²) in [4.78, 5) is 13.6. The smallest absolute Gasteiger partial charge is 0.236 e. The lowest BCUT2D eigenvalue weighted by atomic mass is 9.85. The number of carbonyl (C=O) groups excluding carboxylic acids is 1. The third kappa shape index (κ3) is 1.15. The largest absolute Gasteiger partial charge is 0.314 e. The minimum absolute atomic E-state index is 0.0765. The molecule has 1 aliphatic rings. The normalized spacial score (nSPS) is 17.5. The Morgan fingerprint density at radius 2 is 2.07 bits per heavy atom. The molecular formula is C12H12N2O. The molecule has 3 nitrogen and oxygen atoms in total. The zero-order valence-corrected chi connectivity index (χ0v) is 9.03. The first-order valence-electron chi connectivity index (χ1n) is 4.81. The minimum Gasteiger partial charge on any atom is -0.314 e. The molecule has 1 aromatic rings. The summed E-state index contributed by atoms with van der Waals surface area (Å²) in [6.07, 6.45) is 0. The van der Waals surface area contributed by atoms with E-state index in [0.29, 0.717) is 5.56 Å². The van der Waals surface area contributed by atoms with E-state index in [0.717, 1.165) is 11.3 Å². The van der Waals surface area contributed by atoms with Crippen LogP contribution in [0.15, 0.2) is 18.2 Å². The molecule has 0 bridgehead atoms. The van der Waals surface area contributed by atoms with E-state index in [-0.39, 0.29) is 5.91 Å². The second-order valence-electron chi connectivity index (χ2n) is 4.33. The Morgan fingerprint density at radius 3 is 2.67 bits per heavy atom. The second-order valence-corrected chi connectivity index (χ2v) is 4.33. The van der Waals surface area contributed by atoms with Crippen molar-refractivity contribution in [3.8, 4) is 6.07 Å². The van der Waals surface area contributed by atoms with Gasteiger partial charge in [0.15, 0.2) is 0 Å². The predicted molar refractivity (Wildman–Crippen MR) is 57.6 cm³/mol. The quantitative estimate of drug-likeness (QED) is 0.641. The van der Waals surface area contributed by atoms with Crippen molar-refractivity contribution < 1.29 is 4.79 Å². The van der Waals surface area contributed by atoms with Crippen LogP contribution in [0, 0.1) is 11.3 Å². The number of amides is 1. The van der Waals surface area contributed by atoms with Gasteiger partial charge in [-0.3, -0.25) is 4.79 Å². The zero-order chi connectivity index (χ0) is 11.2. The van der Waals surface area contributed by atoms with Gasteiger partial charge in [-0.25, -0.2) is 0 Å². The Labute approximate surface area is 88.9 Å². The summed E-state index contributed by atoms with van der Waals surface area (Å²) in [5.74, 6) is 0.0765. The van der Waals surface area contributed by atoms with Crippen LogP contribution in [0.3, 0.4) is 0 Å². The van der Waals surface area contributed by atoms with Crippen molar-refractivity contribution in [2.75, 3.05) is 11.9 Å². The molecule has 1 heterocycles. The van der Waals surface area contributed by atoms with E-state index in [4.69, 9.17) is 5.26 Å². The van der Waals surface area contributed by atoms with Crippen molar-refractivity contribution in [3.63, 3.8) is 0 Å². The fourth-order valence-corrected chi connectivity index (χ4v) is 2.04. The summed E-state index contributed by atoms with van der Waals surface area (Å²) >= 11 is 0. The number of carbonyl (C=O) groups is 1. The van der Waals surface area contributed by atoms with Gasteiger partial charge in [0.2, 0.25) is 5.91 Å². The number of rotatable bonds is 0. The van der Waals surface area contributed by atoms with Crippen molar-refractivity contribution >= 4 is 11.6 Å². The molecule has 1 aromatic carbocycles. The molecule has 0 unspecified atom stereocenters. The van der Waals surface area contributed by atoms with E-state index in [2.05, 4.69) is 6.07 Å². The molecule has 0 atom stereocenters. The van der Waals surface area contributed by atoms with E-state index in [1.54, 1.807) is 24.1 Å². The summed E-state index contributed by atoms with van der Waals surface area (Å²) in [7, 11) is 1.77. The third-order valence-electron chi connectivity index (χ3n) is 3.00. The SMILES string of the molecule is CN1C(=O)C(C)(C)c2cc(C#N)ccc21. The molecule has 0 aromatic heterocycles. The van der Waals surface area contributed by atoms with Crippen LogP contribution in [0.5, 0.6) is 0 Å². The lowest BCUT2D eigenvalue weighted by molar-refractivity contribution is -0.121. The average molecular weight is 200 g/mol. The number of hydrogen-bond acceptors (Lipinski definition) is 2. The van der Waals surface area contributed by atoms with E-state index in [9.17, 15) is 4.79 Å². The van der Waals surface area contributed by atoms with Gasteiger partial charge in [-0.1, -0.05) is 0 Å². The molecule has 0 aliphatic carbocycles. The van der Waals surface area contributed by atoms with E-state index >= 15 is 0 Å². The van der Waals surface area contributed by atoms with Gasteiger partial charge in [-0.05, 0) is 37.6 Å². The van der Waals surface area contributed by atoms with Gasteiger partial charge in [0.25, 0.3) is 0 Å². The Kier molecular flexibility index (Phi) is 1.84. The Balaban J connectivity index is 2.69. The molecule has 1 aliphatic heterocycles. The first kappa shape index (κ1) is 9.72. The average Bonchev–Trinajstić information content (AvgIpc) is 2.40. The highest BCUT2D eigenvalue weighted by atomic mass is 16.2. The molecule has 0 spiro atoms. The molecule has 1 amide bonds. The molecule has 76 valence electrons. The third-order valence-corrected chi connectivity index (χ3v) is 3.00. The lowest BCUT2D eigenvalue weighted by Gasteiger charge is -2.16. The van der Waals surface area contributed by atoms with Crippen molar-refractivity contribution in [1.82, 2.24) is 0 Å². The molecule has 0 saturated carbocycles. The molecule has 2 rings (SSSR count). The van der Waals surface area contributed by atoms with Crippen molar-refractivity contribution in [2.24, 2.45) is 0 Å². The van der Waals surface area contributed by atoms with Crippen LogP contribution in [-0.4, -0.2) is 13.0 Å². The summed E-state index contributed by atoms with van der Waals surface area (Å²) in [6.45, 7) is 3.78. The van der Waals surface area contributed by atoms with Gasteiger partial charge >= 0.3 is 0 Å². The van der Waals surface area contributed by atoms with Crippen LogP contribution >= 0.6 is 0 Å². The summed E-state index contributed by atoms with van der Waals surface area (Å²) in [5, 5.41) is 8.82. The summed E-state index contributed by atoms with van der Waals surface area (Å²) < 4.78 is 0. The standard InChI is InChI=1S/C12H12N2O/c1-12(2)9-6-8(7-13)4-5-10(9)14(3)11(12)15/h4-6H,1-3H3. The Bertz CT molecular complexity index is 483. The fourth-order valence-electron chi connectivity index (χ4n) is 2.04. The summed E-state index contributed by atoms with van der Waals surface area (Å²) in [5.41, 5.74) is 1.93. The van der Waals surface area contributed by atoms with Crippen LogP contribution in [0.1, 0.15) is 25.0 Å². The van der Waals surface area contributed by atoms with E-state index in [1.165, 1.54) is 0 Å². The monoisotopic (exact) mass is 200 g/mol. The first-order chi connectivity index (χ1) is 6.98. The van der Waals surface area contributed by atoms with Crippen LogP contribution in [0.2, 0.25) is 0 Å². The highest BCUT2D eigenvalue weighted by Crippen LogP contribution is 2.40. The Hall–Kier alpha value is -1.82. The fraction of sp³-hybridized carbons (Fsp3) is 0.333. The van der Waals surface area contributed by atoms with Gasteiger partial charge in [-0.15, -0.1) is 0 Å². The van der Waals surface area contributed by atoms with Crippen LogP contribution < -0.4 is 4.90 Å². The molecule has 0 fully saturated rings. The zero-order valence-electron chi connectivity index (χ0n) is 9.03. The van der Waals surface area contributed by atoms with Crippen LogP contribution in [-0.2, 0) is 10.2 Å². The number of hydrogen-bond donors (Lipinski definition) is 0. The van der Waals surface area contributed by atoms with Crippen molar-refractivity contribution in [2.45, 2.75) is 19.3 Å². The van der Waals surface area contributed by atoms with Gasteiger partial charge in [0.05, 0.1) is 17.0 Å². The lowest BCUT2D eigenvalue weighted by Crippen LogP contribution is -2.33. The van der Waals surface area contributed by atoms with Crippen molar-refractivity contribution in [3.05, 3.63) is 29.3 Å². The molecule has 0 saturated heterocycles. The maximum absolute atomic E-state index is 11.9. The molecular weight excluding hydrogens is 188 g/mol. The van der Waals surface area contributed by atoms with E-state index in [1.807, 2.05) is 19.9 Å². The summed E-state index contributed by atoms with van der Waals surface area (Å²) in [6, 6.07) is 7.47. The Morgan fingerprint density at radius 1 is 1.40 bits per heavy atom. The van der Waals surface area contributed by atoms with Gasteiger partial charge in [0, 0.05) is 12.7 Å². The second kappa shape index (κ2) is 2.83. The predicted octanol–water partition coefficient (Wildman–Crippen LogP) is 1.81. The van der Waals surface area contributed by atoms with Crippen LogP contribution in [0.25, 0.3) is 0 Å². The first-order valence-corrected chi connectivity index (χ1v) is 4.81. The number of nitriles is 1. The molecule has 3 heteroatoms. The molecule has 0 radical (unpaired) electrons.